The maximum Gasteiger partial charge on any atom is 0.227 e. The lowest BCUT2D eigenvalue weighted by Gasteiger charge is -2.31. The fourth-order valence-corrected chi connectivity index (χ4v) is 3.19. The van der Waals surface area contributed by atoms with E-state index in [9.17, 15) is 4.79 Å². The molecule has 1 fully saturated rings. The second kappa shape index (κ2) is 7.07. The van der Waals surface area contributed by atoms with Crippen molar-refractivity contribution in [1.82, 2.24) is 25.1 Å². The number of piperidine rings is 1. The molecule has 3 heterocycles. The van der Waals surface area contributed by atoms with Crippen molar-refractivity contribution >= 4 is 11.6 Å². The lowest BCUT2D eigenvalue weighted by molar-refractivity contribution is -0.119. The van der Waals surface area contributed by atoms with E-state index in [0.29, 0.717) is 37.5 Å². The number of carbonyl (C=O) groups is 1. The molecule has 1 unspecified atom stereocenters. The molecule has 134 valence electrons. The van der Waals surface area contributed by atoms with E-state index in [0.717, 1.165) is 17.8 Å². The number of para-hydroxylation sites is 1. The van der Waals surface area contributed by atoms with E-state index in [2.05, 4.69) is 20.5 Å². The Kier molecular flexibility index (Phi) is 4.47. The fraction of sp³-hybridized carbons (Fsp3) is 0.389. The monoisotopic (exact) mass is 352 g/mol. The number of nitrogens with zero attached hydrogens (tertiary/aromatic N) is 6. The van der Waals surface area contributed by atoms with Crippen LogP contribution < -0.4 is 4.90 Å². The van der Waals surface area contributed by atoms with Crippen LogP contribution in [0, 0.1) is 0 Å². The van der Waals surface area contributed by atoms with E-state index >= 15 is 0 Å². The molecule has 0 spiro atoms. The van der Waals surface area contributed by atoms with Crippen LogP contribution in [0.15, 0.2) is 41.1 Å². The smallest absolute Gasteiger partial charge is 0.227 e. The van der Waals surface area contributed by atoms with Gasteiger partial charge in [0.1, 0.15) is 0 Å². The average molecular weight is 352 g/mol. The van der Waals surface area contributed by atoms with Gasteiger partial charge in [-0.25, -0.2) is 0 Å². The normalized spacial score (nSPS) is 17.7. The van der Waals surface area contributed by atoms with Crippen LogP contribution in [0.2, 0.25) is 0 Å². The van der Waals surface area contributed by atoms with Crippen LogP contribution in [0.3, 0.4) is 0 Å². The molecule has 0 bridgehead atoms. The first-order valence-corrected chi connectivity index (χ1v) is 8.72. The van der Waals surface area contributed by atoms with E-state index in [1.54, 1.807) is 4.68 Å². The number of rotatable bonds is 5. The second-order valence-corrected chi connectivity index (χ2v) is 6.51. The van der Waals surface area contributed by atoms with Crippen LogP contribution in [0.4, 0.5) is 5.69 Å². The standard InChI is InChI=1S/C18H20N6O2/c1-23-12-14(20-22-23)8-9-16-19-18(21-26-16)13-7-10-17(25)24(11-13)15-5-3-2-4-6-15/h2-6,12-13H,7-11H2,1H3. The summed E-state index contributed by atoms with van der Waals surface area (Å²) in [6.45, 7) is 0.575. The van der Waals surface area contributed by atoms with E-state index in [4.69, 9.17) is 4.52 Å². The summed E-state index contributed by atoms with van der Waals surface area (Å²) in [5.74, 6) is 1.49. The Hall–Kier alpha value is -3.03. The minimum absolute atomic E-state index is 0.0851. The molecule has 0 N–H and O–H groups in total. The van der Waals surface area contributed by atoms with Crippen molar-refractivity contribution < 1.29 is 9.32 Å². The lowest BCUT2D eigenvalue weighted by Crippen LogP contribution is -2.39. The summed E-state index contributed by atoms with van der Waals surface area (Å²) in [6, 6.07) is 9.71. The first kappa shape index (κ1) is 16.4. The number of benzene rings is 1. The summed E-state index contributed by atoms with van der Waals surface area (Å²) in [7, 11) is 1.84. The predicted octanol–water partition coefficient (Wildman–Crippen LogP) is 1.89. The van der Waals surface area contributed by atoms with Crippen molar-refractivity contribution in [3.8, 4) is 0 Å². The molecule has 1 aromatic carbocycles. The van der Waals surface area contributed by atoms with Gasteiger partial charge in [0.25, 0.3) is 0 Å². The number of anilines is 1. The van der Waals surface area contributed by atoms with Crippen LogP contribution in [-0.4, -0.2) is 37.6 Å². The average Bonchev–Trinajstić information content (AvgIpc) is 3.30. The first-order chi connectivity index (χ1) is 12.7. The summed E-state index contributed by atoms with van der Waals surface area (Å²) in [6.07, 6.45) is 4.44. The molecule has 8 nitrogen and oxygen atoms in total. The lowest BCUT2D eigenvalue weighted by atomic mass is 9.96. The largest absolute Gasteiger partial charge is 0.339 e. The molecule has 26 heavy (non-hydrogen) atoms. The van der Waals surface area contributed by atoms with Crippen molar-refractivity contribution in [3.63, 3.8) is 0 Å². The van der Waals surface area contributed by atoms with Gasteiger partial charge in [0.15, 0.2) is 5.82 Å². The molecular formula is C18H20N6O2. The van der Waals surface area contributed by atoms with Crippen LogP contribution in [0.5, 0.6) is 0 Å². The maximum absolute atomic E-state index is 12.3. The van der Waals surface area contributed by atoms with E-state index in [1.165, 1.54) is 0 Å². The number of aryl methyl sites for hydroxylation is 3. The molecule has 0 saturated carbocycles. The highest BCUT2D eigenvalue weighted by Gasteiger charge is 2.30. The summed E-state index contributed by atoms with van der Waals surface area (Å²) >= 11 is 0. The van der Waals surface area contributed by atoms with E-state index < -0.39 is 0 Å². The van der Waals surface area contributed by atoms with Gasteiger partial charge in [-0.15, -0.1) is 5.10 Å². The summed E-state index contributed by atoms with van der Waals surface area (Å²) < 4.78 is 7.07. The summed E-state index contributed by atoms with van der Waals surface area (Å²) in [4.78, 5) is 18.6. The van der Waals surface area contributed by atoms with Crippen molar-refractivity contribution in [2.45, 2.75) is 31.6 Å². The Balaban J connectivity index is 1.42. The Morgan fingerprint density at radius 1 is 1.23 bits per heavy atom. The number of aromatic nitrogens is 5. The third kappa shape index (κ3) is 3.49. The Bertz CT molecular complexity index is 888. The van der Waals surface area contributed by atoms with Gasteiger partial charge in [0.05, 0.1) is 5.69 Å². The second-order valence-electron chi connectivity index (χ2n) is 6.51. The van der Waals surface area contributed by atoms with Gasteiger partial charge < -0.3 is 9.42 Å². The van der Waals surface area contributed by atoms with Crippen LogP contribution in [-0.2, 0) is 24.7 Å². The molecule has 3 aromatic rings. The highest BCUT2D eigenvalue weighted by molar-refractivity contribution is 5.94. The van der Waals surface area contributed by atoms with Crippen molar-refractivity contribution in [2.24, 2.45) is 7.05 Å². The molecule has 1 aliphatic rings. The number of hydrogen-bond donors (Lipinski definition) is 0. The van der Waals surface area contributed by atoms with Gasteiger partial charge in [-0.2, -0.15) is 4.98 Å². The van der Waals surface area contributed by atoms with Gasteiger partial charge in [0, 0.05) is 50.7 Å². The summed E-state index contributed by atoms with van der Waals surface area (Å²) in [5, 5.41) is 12.1. The number of hydrogen-bond acceptors (Lipinski definition) is 6. The van der Waals surface area contributed by atoms with Crippen molar-refractivity contribution in [2.75, 3.05) is 11.4 Å². The maximum atomic E-state index is 12.3. The molecule has 1 atom stereocenters. The zero-order valence-electron chi connectivity index (χ0n) is 14.6. The Morgan fingerprint density at radius 2 is 2.08 bits per heavy atom. The topological polar surface area (TPSA) is 89.9 Å². The van der Waals surface area contributed by atoms with E-state index in [-0.39, 0.29) is 11.8 Å². The van der Waals surface area contributed by atoms with Crippen LogP contribution in [0.1, 0.15) is 36.2 Å². The van der Waals surface area contributed by atoms with Crippen molar-refractivity contribution in [1.29, 1.82) is 0 Å². The molecular weight excluding hydrogens is 332 g/mol. The number of carbonyl (C=O) groups excluding carboxylic acids is 1. The third-order valence-electron chi connectivity index (χ3n) is 4.57. The third-order valence-corrected chi connectivity index (χ3v) is 4.57. The molecule has 1 saturated heterocycles. The molecule has 8 heteroatoms. The molecule has 0 aliphatic carbocycles. The summed E-state index contributed by atoms with van der Waals surface area (Å²) in [5.41, 5.74) is 1.80. The Labute approximate surface area is 150 Å². The quantitative estimate of drug-likeness (QED) is 0.696. The first-order valence-electron chi connectivity index (χ1n) is 8.72. The Morgan fingerprint density at radius 3 is 2.85 bits per heavy atom. The SMILES string of the molecule is Cn1cc(CCc2nc(C3CCC(=O)N(c4ccccc4)C3)no2)nn1. The van der Waals surface area contributed by atoms with Crippen molar-refractivity contribution in [3.05, 3.63) is 53.9 Å². The van der Waals surface area contributed by atoms with Gasteiger partial charge >= 0.3 is 0 Å². The minimum Gasteiger partial charge on any atom is -0.339 e. The van der Waals surface area contributed by atoms with Crippen LogP contribution in [0.25, 0.3) is 0 Å². The molecule has 2 aromatic heterocycles. The molecule has 1 amide bonds. The van der Waals surface area contributed by atoms with Gasteiger partial charge in [-0.05, 0) is 18.6 Å². The molecule has 0 radical (unpaired) electrons. The van der Waals surface area contributed by atoms with Gasteiger partial charge in [0.2, 0.25) is 11.8 Å². The highest BCUT2D eigenvalue weighted by atomic mass is 16.5. The number of amides is 1. The van der Waals surface area contributed by atoms with Crippen LogP contribution >= 0.6 is 0 Å². The predicted molar refractivity (Wildman–Crippen MR) is 93.5 cm³/mol. The molecule has 1 aliphatic heterocycles. The van der Waals surface area contributed by atoms with E-state index in [1.807, 2.05) is 48.5 Å². The molecule has 4 rings (SSSR count). The highest BCUT2D eigenvalue weighted by Crippen LogP contribution is 2.29. The zero-order chi connectivity index (χ0) is 17.9. The minimum atomic E-state index is 0.0851. The fourth-order valence-electron chi connectivity index (χ4n) is 3.19. The zero-order valence-corrected chi connectivity index (χ0v) is 14.6. The van der Waals surface area contributed by atoms with Gasteiger partial charge in [-0.3, -0.25) is 9.48 Å². The van der Waals surface area contributed by atoms with Gasteiger partial charge in [-0.1, -0.05) is 28.6 Å².